The van der Waals surface area contributed by atoms with Crippen LogP contribution >= 0.6 is 0 Å². The summed E-state index contributed by atoms with van der Waals surface area (Å²) in [6.07, 6.45) is 0.0498. The van der Waals surface area contributed by atoms with Crippen molar-refractivity contribution in [1.29, 1.82) is 0 Å². The van der Waals surface area contributed by atoms with Gasteiger partial charge in [0.15, 0.2) is 0 Å². The van der Waals surface area contributed by atoms with Crippen molar-refractivity contribution in [2.24, 2.45) is 0 Å². The molecule has 1 aromatic heterocycles. The van der Waals surface area contributed by atoms with Gasteiger partial charge in [0.05, 0.1) is 5.48 Å². The lowest BCUT2D eigenvalue weighted by Gasteiger charge is -1.91. The van der Waals surface area contributed by atoms with Gasteiger partial charge >= 0.3 is 0 Å². The number of aromatic nitrogens is 1. The number of hydrogen-bond acceptors (Lipinski definition) is 1. The number of fused-ring (bicyclic) bond motifs is 1. The lowest BCUT2D eigenvalue weighted by atomic mass is 10.2. The Morgan fingerprint density at radius 2 is 2.40 bits per heavy atom. The van der Waals surface area contributed by atoms with E-state index in [1.54, 1.807) is 0 Å². The SMILES string of the molecule is [2H]c1cc2c(O)c([2H])c([2H])c([2H])c2[nH]1. The highest BCUT2D eigenvalue weighted by atomic mass is 16.3. The normalized spacial score (nSPS) is 16.0. The summed E-state index contributed by atoms with van der Waals surface area (Å²) in [6, 6.07) is 0.458. The maximum atomic E-state index is 9.48. The molecule has 2 N–H and O–H groups in total. The van der Waals surface area contributed by atoms with Crippen molar-refractivity contribution in [1.82, 2.24) is 4.98 Å². The molecule has 0 atom stereocenters. The molecule has 0 aliphatic rings. The Morgan fingerprint density at radius 1 is 1.50 bits per heavy atom. The summed E-state index contributed by atoms with van der Waals surface area (Å²) >= 11 is 0. The Morgan fingerprint density at radius 3 is 3.30 bits per heavy atom. The predicted molar refractivity (Wildman–Crippen MR) is 40.0 cm³/mol. The molecule has 0 aliphatic heterocycles. The van der Waals surface area contributed by atoms with Gasteiger partial charge in [0.25, 0.3) is 0 Å². The summed E-state index contributed by atoms with van der Waals surface area (Å²) in [5.41, 5.74) is 0.230. The summed E-state index contributed by atoms with van der Waals surface area (Å²) in [7, 11) is 0. The first-order valence-electron chi connectivity index (χ1n) is 4.80. The van der Waals surface area contributed by atoms with Crippen molar-refractivity contribution in [3.63, 3.8) is 0 Å². The van der Waals surface area contributed by atoms with E-state index in [-0.39, 0.29) is 41.0 Å². The zero-order valence-electron chi connectivity index (χ0n) is 9.02. The van der Waals surface area contributed by atoms with E-state index in [1.165, 1.54) is 6.07 Å². The van der Waals surface area contributed by atoms with Crippen molar-refractivity contribution >= 4 is 10.9 Å². The predicted octanol–water partition coefficient (Wildman–Crippen LogP) is 1.87. The van der Waals surface area contributed by atoms with Crippen LogP contribution in [0.15, 0.2) is 30.4 Å². The molecule has 2 rings (SSSR count). The van der Waals surface area contributed by atoms with Crippen LogP contribution in [0, 0.1) is 0 Å². The lowest BCUT2D eigenvalue weighted by Crippen LogP contribution is -1.66. The summed E-state index contributed by atoms with van der Waals surface area (Å²) < 4.78 is 29.5. The molecule has 1 heterocycles. The molecular weight excluding hydrogens is 126 g/mol. The average molecular weight is 137 g/mol. The molecule has 0 amide bonds. The minimum atomic E-state index is -0.374. The van der Waals surface area contributed by atoms with Crippen LogP contribution < -0.4 is 0 Å². The van der Waals surface area contributed by atoms with Gasteiger partial charge in [0, 0.05) is 17.1 Å². The molecule has 0 bridgehead atoms. The standard InChI is InChI=1S/C8H7NO/c10-8-3-1-2-7-6(8)4-5-9-7/h1-5,9-10H/i1D,2D,3D,5D. The minimum Gasteiger partial charge on any atom is -0.507 e. The number of H-pyrrole nitrogens is 1. The lowest BCUT2D eigenvalue weighted by molar-refractivity contribution is 0.482. The van der Waals surface area contributed by atoms with Crippen molar-refractivity contribution in [2.75, 3.05) is 0 Å². The van der Waals surface area contributed by atoms with Crippen LogP contribution in [0.25, 0.3) is 10.9 Å². The van der Waals surface area contributed by atoms with Crippen LogP contribution in [0.5, 0.6) is 5.75 Å². The number of phenols is 1. The van der Waals surface area contributed by atoms with Gasteiger partial charge in [0.1, 0.15) is 5.75 Å². The zero-order valence-corrected chi connectivity index (χ0v) is 5.02. The number of rotatable bonds is 0. The second-order valence-corrected chi connectivity index (χ2v) is 1.93. The van der Waals surface area contributed by atoms with Gasteiger partial charge in [-0.25, -0.2) is 0 Å². The Hall–Kier alpha value is -1.44. The average Bonchev–Trinajstić information content (AvgIpc) is 2.54. The fraction of sp³-hybridized carbons (Fsp3) is 0. The van der Waals surface area contributed by atoms with Gasteiger partial charge < -0.3 is 10.1 Å². The number of aromatic hydroxyl groups is 1. The van der Waals surface area contributed by atoms with E-state index in [0.717, 1.165) is 0 Å². The smallest absolute Gasteiger partial charge is 0.124 e. The maximum absolute atomic E-state index is 9.48. The van der Waals surface area contributed by atoms with Crippen molar-refractivity contribution in [2.45, 2.75) is 0 Å². The zero-order chi connectivity index (χ0) is 10.5. The van der Waals surface area contributed by atoms with Gasteiger partial charge in [-0.2, -0.15) is 0 Å². The molecule has 2 heteroatoms. The molecule has 50 valence electrons. The van der Waals surface area contributed by atoms with Gasteiger partial charge in [-0.1, -0.05) is 6.04 Å². The highest BCUT2D eigenvalue weighted by Gasteiger charge is 1.96. The molecule has 0 spiro atoms. The van der Waals surface area contributed by atoms with Gasteiger partial charge in [-0.05, 0) is 18.2 Å². The topological polar surface area (TPSA) is 36.0 Å². The number of nitrogens with one attached hydrogen (secondary N) is 1. The van der Waals surface area contributed by atoms with Crippen LogP contribution in [-0.4, -0.2) is 10.1 Å². The third kappa shape index (κ3) is 0.589. The number of aromatic amines is 1. The number of hydrogen-bond donors (Lipinski definition) is 2. The van der Waals surface area contributed by atoms with E-state index < -0.39 is 0 Å². The first kappa shape index (κ1) is 2.66. The Kier molecular flexibility index (Phi) is 0.471. The second kappa shape index (κ2) is 1.77. The highest BCUT2D eigenvalue weighted by molar-refractivity contribution is 5.85. The summed E-state index contributed by atoms with van der Waals surface area (Å²) in [5, 5.41) is 9.73. The number of phenolic OH excluding ortho intramolecular Hbond substituents is 1. The van der Waals surface area contributed by atoms with Crippen LogP contribution in [0.2, 0.25) is 0 Å². The van der Waals surface area contributed by atoms with Crippen molar-refractivity contribution in [3.05, 3.63) is 30.4 Å². The quantitative estimate of drug-likeness (QED) is 0.571. The second-order valence-electron chi connectivity index (χ2n) is 1.93. The monoisotopic (exact) mass is 137 g/mol. The van der Waals surface area contributed by atoms with E-state index in [1.807, 2.05) is 0 Å². The van der Waals surface area contributed by atoms with E-state index in [4.69, 9.17) is 5.48 Å². The third-order valence-electron chi connectivity index (χ3n) is 1.31. The molecule has 0 fully saturated rings. The van der Waals surface area contributed by atoms with E-state index in [0.29, 0.717) is 0 Å². The Bertz CT molecular complexity index is 475. The molecule has 0 saturated heterocycles. The largest absolute Gasteiger partial charge is 0.507 e. The molecule has 0 unspecified atom stereocenters. The number of benzene rings is 1. The first-order valence-corrected chi connectivity index (χ1v) is 2.80. The molecule has 1 aromatic carbocycles. The molecule has 0 saturated carbocycles. The summed E-state index contributed by atoms with van der Waals surface area (Å²) in [4.78, 5) is 2.55. The van der Waals surface area contributed by atoms with E-state index in [2.05, 4.69) is 4.98 Å². The van der Waals surface area contributed by atoms with Gasteiger partial charge in [-0.15, -0.1) is 0 Å². The molecule has 10 heavy (non-hydrogen) atoms. The fourth-order valence-electron chi connectivity index (χ4n) is 0.826. The van der Waals surface area contributed by atoms with Gasteiger partial charge in [-0.3, -0.25) is 0 Å². The Labute approximate surface area is 63.7 Å². The third-order valence-corrected chi connectivity index (χ3v) is 1.31. The minimum absolute atomic E-state index is 0.0498. The highest BCUT2D eigenvalue weighted by Crippen LogP contribution is 2.22. The molecule has 0 radical (unpaired) electrons. The molecular formula is C8H7NO. The van der Waals surface area contributed by atoms with Crippen molar-refractivity contribution < 1.29 is 10.6 Å². The van der Waals surface area contributed by atoms with Crippen LogP contribution in [0.4, 0.5) is 0 Å². The van der Waals surface area contributed by atoms with Crippen LogP contribution in [0.1, 0.15) is 5.48 Å². The molecule has 2 nitrogen and oxygen atoms in total. The van der Waals surface area contributed by atoms with Crippen LogP contribution in [0.3, 0.4) is 0 Å². The summed E-state index contributed by atoms with van der Waals surface area (Å²) in [6.45, 7) is 0. The van der Waals surface area contributed by atoms with Gasteiger partial charge in [0.2, 0.25) is 0 Å². The molecule has 2 aromatic rings. The van der Waals surface area contributed by atoms with E-state index >= 15 is 0 Å². The Balaban J connectivity index is 3.01. The van der Waals surface area contributed by atoms with Crippen molar-refractivity contribution in [3.8, 4) is 5.75 Å². The molecule has 0 aliphatic carbocycles. The van der Waals surface area contributed by atoms with E-state index in [9.17, 15) is 5.11 Å². The van der Waals surface area contributed by atoms with Crippen LogP contribution in [-0.2, 0) is 0 Å². The maximum Gasteiger partial charge on any atom is 0.124 e. The fourth-order valence-corrected chi connectivity index (χ4v) is 0.826. The first-order chi connectivity index (χ1) is 6.52. The summed E-state index contributed by atoms with van der Waals surface area (Å²) in [5.74, 6) is -0.351.